The molecule has 1 saturated heterocycles. The van der Waals surface area contributed by atoms with E-state index < -0.39 is 10.0 Å². The second kappa shape index (κ2) is 6.70. The minimum absolute atomic E-state index is 0.0986. The number of fused-ring (bicyclic) bond motifs is 1. The standard InChI is InChI=1S/C17H19N5O3S2/c1-11-13-5-3-4-6-14(13)15(20-19-11)21-7-9-22(10-8-21)27(24,25)16-12(2)18-17(23)26-16/h3-6H,7-10H2,1-2H3,(H,18,23). The Kier molecular flexibility index (Phi) is 4.49. The summed E-state index contributed by atoms with van der Waals surface area (Å²) in [4.78, 5) is 15.7. The van der Waals surface area contributed by atoms with Crippen LogP contribution >= 0.6 is 11.3 Å². The van der Waals surface area contributed by atoms with Crippen LogP contribution in [-0.4, -0.2) is 54.1 Å². The Hall–Kier alpha value is -2.30. The Morgan fingerprint density at radius 3 is 2.33 bits per heavy atom. The zero-order chi connectivity index (χ0) is 19.2. The monoisotopic (exact) mass is 405 g/mol. The van der Waals surface area contributed by atoms with Crippen molar-refractivity contribution in [3.63, 3.8) is 0 Å². The smallest absolute Gasteiger partial charge is 0.305 e. The molecule has 1 aliphatic heterocycles. The lowest BCUT2D eigenvalue weighted by Crippen LogP contribution is -2.49. The van der Waals surface area contributed by atoms with Crippen molar-refractivity contribution in [2.75, 3.05) is 31.1 Å². The average Bonchev–Trinajstić information content (AvgIpc) is 3.01. The molecule has 0 saturated carbocycles. The lowest BCUT2D eigenvalue weighted by molar-refractivity contribution is 0.384. The Morgan fingerprint density at radius 1 is 1.04 bits per heavy atom. The normalized spacial score (nSPS) is 16.1. The number of nitrogens with one attached hydrogen (secondary N) is 1. The van der Waals surface area contributed by atoms with Crippen LogP contribution in [0.3, 0.4) is 0 Å². The van der Waals surface area contributed by atoms with Gasteiger partial charge >= 0.3 is 4.87 Å². The zero-order valence-corrected chi connectivity index (χ0v) is 16.6. The summed E-state index contributed by atoms with van der Waals surface area (Å²) in [6.07, 6.45) is 0. The van der Waals surface area contributed by atoms with E-state index in [1.165, 1.54) is 4.31 Å². The summed E-state index contributed by atoms with van der Waals surface area (Å²) in [5.74, 6) is 0.774. The molecule has 2 aromatic heterocycles. The number of nitrogens with zero attached hydrogens (tertiary/aromatic N) is 4. The van der Waals surface area contributed by atoms with Crippen LogP contribution in [0.1, 0.15) is 11.4 Å². The first-order chi connectivity index (χ1) is 12.9. The number of anilines is 1. The van der Waals surface area contributed by atoms with E-state index >= 15 is 0 Å². The molecule has 27 heavy (non-hydrogen) atoms. The predicted molar refractivity (Wildman–Crippen MR) is 105 cm³/mol. The molecule has 10 heteroatoms. The van der Waals surface area contributed by atoms with Gasteiger partial charge in [0.15, 0.2) is 10.0 Å². The molecule has 1 fully saturated rings. The highest BCUT2D eigenvalue weighted by molar-refractivity contribution is 7.91. The Morgan fingerprint density at radius 2 is 1.70 bits per heavy atom. The molecule has 4 rings (SSSR count). The SMILES string of the molecule is Cc1[nH]c(=O)sc1S(=O)(=O)N1CCN(c2nnc(C)c3ccccc23)CC1. The highest BCUT2D eigenvalue weighted by atomic mass is 32.2. The Bertz CT molecular complexity index is 1160. The molecule has 0 unspecified atom stereocenters. The second-order valence-electron chi connectivity index (χ2n) is 6.47. The number of aryl methyl sites for hydroxylation is 2. The van der Waals surface area contributed by atoms with Crippen molar-refractivity contribution in [2.45, 2.75) is 18.1 Å². The van der Waals surface area contributed by atoms with Crippen LogP contribution in [0.25, 0.3) is 10.8 Å². The first-order valence-electron chi connectivity index (χ1n) is 8.55. The number of hydrogen-bond acceptors (Lipinski definition) is 7. The number of hydrogen-bond donors (Lipinski definition) is 1. The van der Waals surface area contributed by atoms with Gasteiger partial charge in [-0.3, -0.25) is 4.79 Å². The summed E-state index contributed by atoms with van der Waals surface area (Å²) in [6, 6.07) is 7.95. The first-order valence-corrected chi connectivity index (χ1v) is 10.8. The molecule has 3 heterocycles. The van der Waals surface area contributed by atoms with Crippen molar-refractivity contribution >= 4 is 38.0 Å². The fraction of sp³-hybridized carbons (Fsp3) is 0.353. The lowest BCUT2D eigenvalue weighted by atomic mass is 10.1. The molecule has 3 aromatic rings. The van der Waals surface area contributed by atoms with Crippen molar-refractivity contribution in [3.05, 3.63) is 45.3 Å². The molecule has 0 spiro atoms. The third kappa shape index (κ3) is 3.13. The van der Waals surface area contributed by atoms with E-state index in [9.17, 15) is 13.2 Å². The van der Waals surface area contributed by atoms with Gasteiger partial charge < -0.3 is 9.88 Å². The molecule has 0 amide bonds. The number of H-pyrrole nitrogens is 1. The van der Waals surface area contributed by atoms with Crippen LogP contribution in [0.15, 0.2) is 33.3 Å². The second-order valence-corrected chi connectivity index (χ2v) is 9.59. The molecule has 1 aromatic carbocycles. The summed E-state index contributed by atoms with van der Waals surface area (Å²) in [5, 5.41) is 10.7. The molecular formula is C17H19N5O3S2. The fourth-order valence-corrected chi connectivity index (χ4v) is 6.21. The largest absolute Gasteiger partial charge is 0.352 e. The number of piperazine rings is 1. The number of rotatable bonds is 3. The summed E-state index contributed by atoms with van der Waals surface area (Å²) in [6.45, 7) is 5.22. The molecule has 1 N–H and O–H groups in total. The van der Waals surface area contributed by atoms with Crippen LogP contribution < -0.4 is 9.77 Å². The number of thiazole rings is 1. The van der Waals surface area contributed by atoms with E-state index in [-0.39, 0.29) is 9.08 Å². The molecule has 0 aliphatic carbocycles. The number of benzene rings is 1. The zero-order valence-electron chi connectivity index (χ0n) is 15.0. The van der Waals surface area contributed by atoms with E-state index in [0.29, 0.717) is 31.9 Å². The maximum absolute atomic E-state index is 12.9. The van der Waals surface area contributed by atoms with Gasteiger partial charge in [0.05, 0.1) is 5.69 Å². The third-order valence-corrected chi connectivity index (χ3v) is 8.23. The highest BCUT2D eigenvalue weighted by Gasteiger charge is 2.32. The fourth-order valence-electron chi connectivity index (χ4n) is 3.35. The molecule has 0 bridgehead atoms. The third-order valence-electron chi connectivity index (χ3n) is 4.75. The molecule has 142 valence electrons. The van der Waals surface area contributed by atoms with Crippen LogP contribution in [0.4, 0.5) is 5.82 Å². The van der Waals surface area contributed by atoms with Gasteiger partial charge in [-0.15, -0.1) is 5.10 Å². The summed E-state index contributed by atoms with van der Waals surface area (Å²) in [5.41, 5.74) is 1.26. The number of aromatic amines is 1. The molecule has 0 atom stereocenters. The topological polar surface area (TPSA) is 99.3 Å². The summed E-state index contributed by atoms with van der Waals surface area (Å²) in [7, 11) is -3.67. The first kappa shape index (κ1) is 18.1. The van der Waals surface area contributed by atoms with Gasteiger partial charge in [0.2, 0.25) is 0 Å². The van der Waals surface area contributed by atoms with E-state index in [1.54, 1.807) is 6.92 Å². The van der Waals surface area contributed by atoms with Crippen LogP contribution in [0.2, 0.25) is 0 Å². The number of aromatic nitrogens is 3. The summed E-state index contributed by atoms with van der Waals surface area (Å²) < 4.78 is 27.2. The molecular weight excluding hydrogens is 386 g/mol. The van der Waals surface area contributed by atoms with Gasteiger partial charge in [-0.25, -0.2) is 8.42 Å². The lowest BCUT2D eigenvalue weighted by Gasteiger charge is -2.34. The van der Waals surface area contributed by atoms with Gasteiger partial charge in [0.1, 0.15) is 0 Å². The van der Waals surface area contributed by atoms with Gasteiger partial charge in [-0.05, 0) is 13.8 Å². The maximum Gasteiger partial charge on any atom is 0.305 e. The van der Waals surface area contributed by atoms with E-state index in [4.69, 9.17) is 0 Å². The van der Waals surface area contributed by atoms with Crippen molar-refractivity contribution in [3.8, 4) is 0 Å². The Labute approximate surface area is 160 Å². The van der Waals surface area contributed by atoms with Crippen LogP contribution in [0.5, 0.6) is 0 Å². The minimum atomic E-state index is -3.67. The van der Waals surface area contributed by atoms with Crippen molar-refractivity contribution in [1.29, 1.82) is 0 Å². The van der Waals surface area contributed by atoms with Crippen molar-refractivity contribution in [1.82, 2.24) is 19.5 Å². The van der Waals surface area contributed by atoms with Gasteiger partial charge in [0.25, 0.3) is 10.0 Å². The summed E-state index contributed by atoms with van der Waals surface area (Å²) >= 11 is 0.739. The van der Waals surface area contributed by atoms with E-state index in [1.807, 2.05) is 31.2 Å². The number of sulfonamides is 1. The van der Waals surface area contributed by atoms with Crippen LogP contribution in [-0.2, 0) is 10.0 Å². The maximum atomic E-state index is 12.9. The van der Waals surface area contributed by atoms with Gasteiger partial charge in [-0.2, -0.15) is 9.40 Å². The molecule has 8 nitrogen and oxygen atoms in total. The predicted octanol–water partition coefficient (Wildman–Crippen LogP) is 1.51. The van der Waals surface area contributed by atoms with Gasteiger partial charge in [-0.1, -0.05) is 35.6 Å². The molecule has 1 aliphatic rings. The Balaban J connectivity index is 1.59. The van der Waals surface area contributed by atoms with E-state index in [2.05, 4.69) is 20.1 Å². The minimum Gasteiger partial charge on any atom is -0.352 e. The molecule has 0 radical (unpaired) electrons. The quantitative estimate of drug-likeness (QED) is 0.709. The van der Waals surface area contributed by atoms with Crippen molar-refractivity contribution < 1.29 is 8.42 Å². The van der Waals surface area contributed by atoms with E-state index in [0.717, 1.165) is 33.6 Å². The van der Waals surface area contributed by atoms with Crippen molar-refractivity contribution in [2.24, 2.45) is 0 Å². The average molecular weight is 406 g/mol. The highest BCUT2D eigenvalue weighted by Crippen LogP contribution is 2.28. The van der Waals surface area contributed by atoms with Crippen LogP contribution in [0, 0.1) is 13.8 Å². The van der Waals surface area contributed by atoms with Gasteiger partial charge in [0, 0.05) is 42.6 Å².